The molecule has 0 aromatic heterocycles. The van der Waals surface area contributed by atoms with Crippen LogP contribution in [0.4, 0.5) is 0 Å². The number of nitrogens with zero attached hydrogens (tertiary/aromatic N) is 1. The maximum absolute atomic E-state index is 11.6. The molecule has 0 aliphatic carbocycles. The smallest absolute Gasteiger partial charge is 0.211 e. The van der Waals surface area contributed by atoms with Crippen molar-refractivity contribution in [2.45, 2.75) is 39.1 Å². The molecule has 0 heterocycles. The Balaban J connectivity index is 4.47. The van der Waals surface area contributed by atoms with Gasteiger partial charge in [-0.25, -0.2) is 8.42 Å². The van der Waals surface area contributed by atoms with Crippen LogP contribution in [0.1, 0.15) is 20.8 Å². The Labute approximate surface area is 121 Å². The molecule has 122 valence electrons. The molecule has 20 heavy (non-hydrogen) atoms. The Hall–Kier alpha value is -0.250. The van der Waals surface area contributed by atoms with Gasteiger partial charge in [0.05, 0.1) is 38.3 Å². The summed E-state index contributed by atoms with van der Waals surface area (Å²) in [5.74, 6) is 0. The van der Waals surface area contributed by atoms with Gasteiger partial charge in [0.2, 0.25) is 10.0 Å². The van der Waals surface area contributed by atoms with Gasteiger partial charge in [0.15, 0.2) is 0 Å². The second-order valence-electron chi connectivity index (χ2n) is 4.89. The van der Waals surface area contributed by atoms with Crippen molar-refractivity contribution < 1.29 is 28.1 Å². The molecule has 0 aromatic rings. The first kappa shape index (κ1) is 19.8. The SMILES string of the molecule is CCN(C[C@@H](COC[C@H](O)CO)OC(C)C)S(C)(=O)=O. The van der Waals surface area contributed by atoms with Crippen molar-refractivity contribution >= 4 is 10.0 Å². The van der Waals surface area contributed by atoms with Crippen LogP contribution < -0.4 is 0 Å². The summed E-state index contributed by atoms with van der Waals surface area (Å²) in [4.78, 5) is 0. The predicted molar refractivity (Wildman–Crippen MR) is 76.0 cm³/mol. The van der Waals surface area contributed by atoms with Crippen molar-refractivity contribution in [1.82, 2.24) is 4.31 Å². The predicted octanol–water partition coefficient (Wildman–Crippen LogP) is -0.569. The number of ether oxygens (including phenoxy) is 2. The van der Waals surface area contributed by atoms with E-state index in [0.29, 0.717) is 6.54 Å². The highest BCUT2D eigenvalue weighted by Gasteiger charge is 2.22. The molecular formula is C12H27NO6S. The second kappa shape index (κ2) is 9.64. The highest BCUT2D eigenvalue weighted by atomic mass is 32.2. The van der Waals surface area contributed by atoms with E-state index in [4.69, 9.17) is 14.6 Å². The summed E-state index contributed by atoms with van der Waals surface area (Å²) in [6.45, 7) is 5.78. The van der Waals surface area contributed by atoms with Crippen LogP contribution in [0, 0.1) is 0 Å². The summed E-state index contributed by atoms with van der Waals surface area (Å²) in [5, 5.41) is 17.9. The van der Waals surface area contributed by atoms with Crippen LogP contribution in [0.3, 0.4) is 0 Å². The van der Waals surface area contributed by atoms with E-state index in [9.17, 15) is 13.5 Å². The van der Waals surface area contributed by atoms with E-state index in [-0.39, 0.29) is 32.5 Å². The molecule has 0 spiro atoms. The molecule has 8 heteroatoms. The fourth-order valence-electron chi connectivity index (χ4n) is 1.63. The molecule has 0 aromatic carbocycles. The first-order chi connectivity index (χ1) is 9.20. The largest absolute Gasteiger partial charge is 0.394 e. The van der Waals surface area contributed by atoms with Crippen molar-refractivity contribution in [2.24, 2.45) is 0 Å². The maximum Gasteiger partial charge on any atom is 0.211 e. The van der Waals surface area contributed by atoms with Crippen LogP contribution in [0.25, 0.3) is 0 Å². The number of hydrogen-bond donors (Lipinski definition) is 2. The third-order valence-corrected chi connectivity index (χ3v) is 3.86. The van der Waals surface area contributed by atoms with Gasteiger partial charge in [-0.05, 0) is 13.8 Å². The van der Waals surface area contributed by atoms with E-state index in [2.05, 4.69) is 0 Å². The molecule has 7 nitrogen and oxygen atoms in total. The summed E-state index contributed by atoms with van der Waals surface area (Å²) < 4.78 is 35.3. The third kappa shape index (κ3) is 8.83. The number of aliphatic hydroxyl groups is 2. The molecule has 2 N–H and O–H groups in total. The van der Waals surface area contributed by atoms with E-state index >= 15 is 0 Å². The molecule has 0 unspecified atom stereocenters. The van der Waals surface area contributed by atoms with Crippen molar-refractivity contribution in [3.05, 3.63) is 0 Å². The summed E-state index contributed by atoms with van der Waals surface area (Å²) in [7, 11) is -3.28. The van der Waals surface area contributed by atoms with Gasteiger partial charge in [-0.3, -0.25) is 0 Å². The number of hydrogen-bond acceptors (Lipinski definition) is 6. The highest BCUT2D eigenvalue weighted by Crippen LogP contribution is 2.06. The van der Waals surface area contributed by atoms with E-state index < -0.39 is 22.2 Å². The molecule has 0 fully saturated rings. The maximum atomic E-state index is 11.6. The van der Waals surface area contributed by atoms with Crippen LogP contribution in [0.15, 0.2) is 0 Å². The van der Waals surface area contributed by atoms with Crippen molar-refractivity contribution in [1.29, 1.82) is 0 Å². The Bertz CT molecular complexity index is 346. The molecule has 0 bridgehead atoms. The van der Waals surface area contributed by atoms with Crippen LogP contribution >= 0.6 is 0 Å². The second-order valence-corrected chi connectivity index (χ2v) is 6.88. The first-order valence-corrected chi connectivity index (χ1v) is 8.52. The Kier molecular flexibility index (Phi) is 9.52. The summed E-state index contributed by atoms with van der Waals surface area (Å²) in [6, 6.07) is 0. The molecule has 2 atom stereocenters. The zero-order valence-corrected chi connectivity index (χ0v) is 13.5. The molecule has 0 aliphatic rings. The van der Waals surface area contributed by atoms with Crippen molar-refractivity contribution in [3.8, 4) is 0 Å². The van der Waals surface area contributed by atoms with E-state index in [1.807, 2.05) is 13.8 Å². The fraction of sp³-hybridized carbons (Fsp3) is 1.00. The molecule has 0 rings (SSSR count). The molecule has 0 radical (unpaired) electrons. The highest BCUT2D eigenvalue weighted by molar-refractivity contribution is 7.88. The normalized spacial score (nSPS) is 15.8. The van der Waals surface area contributed by atoms with Gasteiger partial charge in [0.25, 0.3) is 0 Å². The Morgan fingerprint density at radius 1 is 1.25 bits per heavy atom. The van der Waals surface area contributed by atoms with Gasteiger partial charge in [-0.1, -0.05) is 6.92 Å². The van der Waals surface area contributed by atoms with Gasteiger partial charge < -0.3 is 19.7 Å². The summed E-state index contributed by atoms with van der Waals surface area (Å²) >= 11 is 0. The lowest BCUT2D eigenvalue weighted by Gasteiger charge is -2.26. The standard InChI is InChI=1S/C12H27NO6S/c1-5-13(20(4,16)17)6-12(19-10(2)3)9-18-8-11(15)7-14/h10-12,14-15H,5-9H2,1-4H3/t11-,12+/m1/s1. The minimum atomic E-state index is -3.28. The van der Waals surface area contributed by atoms with E-state index in [1.165, 1.54) is 4.31 Å². The molecule has 0 aliphatic heterocycles. The first-order valence-electron chi connectivity index (χ1n) is 6.67. The van der Waals surface area contributed by atoms with Gasteiger partial charge in [-0.15, -0.1) is 0 Å². The lowest BCUT2D eigenvalue weighted by molar-refractivity contribution is -0.0693. The zero-order chi connectivity index (χ0) is 15.8. The molecule has 0 amide bonds. The van der Waals surface area contributed by atoms with Crippen LogP contribution in [0.2, 0.25) is 0 Å². The zero-order valence-electron chi connectivity index (χ0n) is 12.7. The quantitative estimate of drug-likeness (QED) is 0.530. The topological polar surface area (TPSA) is 96.3 Å². The number of sulfonamides is 1. The van der Waals surface area contributed by atoms with Gasteiger partial charge >= 0.3 is 0 Å². The number of aliphatic hydroxyl groups excluding tert-OH is 2. The average Bonchev–Trinajstić information content (AvgIpc) is 2.32. The lowest BCUT2D eigenvalue weighted by atomic mass is 10.3. The minimum absolute atomic E-state index is 0.0144. The van der Waals surface area contributed by atoms with Crippen molar-refractivity contribution in [2.75, 3.05) is 39.2 Å². The average molecular weight is 313 g/mol. The summed E-state index contributed by atoms with van der Waals surface area (Å²) in [5.41, 5.74) is 0. The van der Waals surface area contributed by atoms with E-state index in [1.54, 1.807) is 6.92 Å². The third-order valence-electron chi connectivity index (χ3n) is 2.52. The van der Waals surface area contributed by atoms with Crippen LogP contribution in [-0.4, -0.2) is 80.4 Å². The van der Waals surface area contributed by atoms with Gasteiger partial charge in [-0.2, -0.15) is 4.31 Å². The van der Waals surface area contributed by atoms with Crippen molar-refractivity contribution in [3.63, 3.8) is 0 Å². The van der Waals surface area contributed by atoms with Gasteiger partial charge in [0, 0.05) is 13.1 Å². The molecular weight excluding hydrogens is 286 g/mol. The Morgan fingerprint density at radius 2 is 1.85 bits per heavy atom. The number of rotatable bonds is 11. The van der Waals surface area contributed by atoms with Gasteiger partial charge in [0.1, 0.15) is 6.10 Å². The Morgan fingerprint density at radius 3 is 2.25 bits per heavy atom. The summed E-state index contributed by atoms with van der Waals surface area (Å²) in [6.07, 6.45) is -0.272. The lowest BCUT2D eigenvalue weighted by Crippen LogP contribution is -2.41. The number of likely N-dealkylation sites (N-methyl/N-ethyl adjacent to an activating group) is 1. The fourth-order valence-corrected chi connectivity index (χ4v) is 2.54. The van der Waals surface area contributed by atoms with Crippen LogP contribution in [0.5, 0.6) is 0 Å². The minimum Gasteiger partial charge on any atom is -0.394 e. The van der Waals surface area contributed by atoms with E-state index in [0.717, 1.165) is 6.26 Å². The monoisotopic (exact) mass is 313 g/mol. The molecule has 0 saturated heterocycles. The van der Waals surface area contributed by atoms with Crippen LogP contribution in [-0.2, 0) is 19.5 Å². The molecule has 0 saturated carbocycles.